The third-order valence-corrected chi connectivity index (χ3v) is 7.35. The molecule has 0 aliphatic heterocycles. The maximum absolute atomic E-state index is 12.5. The molecule has 102 valence electrons. The van der Waals surface area contributed by atoms with Crippen LogP contribution in [0.25, 0.3) is 0 Å². The van der Waals surface area contributed by atoms with Crippen LogP contribution >= 0.6 is 0 Å². The monoisotopic (exact) mass is 248 g/mol. The third-order valence-electron chi connectivity index (χ3n) is 7.35. The van der Waals surface area contributed by atoms with Crippen LogP contribution in [0, 0.1) is 34.5 Å². The SMILES string of the molecule is CC1CCCC([C@@H]2C[C@@H]3CC[C@@]2(C)C3(C)C)C1=O. The standard InChI is InChI=1S/C17H28O/c1-11-6-5-7-13(15(11)18)14-10-12-8-9-17(14,4)16(12,2)3/h11-14H,5-10H2,1-4H3/t11?,12-,13?,14-,17+/m0/s1. The van der Waals surface area contributed by atoms with E-state index in [0.717, 1.165) is 12.3 Å². The summed E-state index contributed by atoms with van der Waals surface area (Å²) in [6.07, 6.45) is 7.66. The van der Waals surface area contributed by atoms with Gasteiger partial charge in [0, 0.05) is 11.8 Å². The summed E-state index contributed by atoms with van der Waals surface area (Å²) in [6, 6.07) is 0. The summed E-state index contributed by atoms with van der Waals surface area (Å²) in [5.41, 5.74) is 0.883. The first-order valence-electron chi connectivity index (χ1n) is 7.91. The molecular weight excluding hydrogens is 220 g/mol. The molecule has 0 aromatic heterocycles. The van der Waals surface area contributed by atoms with Crippen LogP contribution in [0.1, 0.15) is 66.2 Å². The zero-order chi connectivity index (χ0) is 13.1. The van der Waals surface area contributed by atoms with Crippen LogP contribution < -0.4 is 0 Å². The van der Waals surface area contributed by atoms with E-state index in [2.05, 4.69) is 27.7 Å². The average Bonchev–Trinajstić information content (AvgIpc) is 2.65. The van der Waals surface area contributed by atoms with Crippen LogP contribution in [-0.2, 0) is 4.79 Å². The molecule has 3 saturated carbocycles. The molecule has 0 amide bonds. The molecule has 0 spiro atoms. The van der Waals surface area contributed by atoms with Crippen LogP contribution in [0.15, 0.2) is 0 Å². The van der Waals surface area contributed by atoms with Gasteiger partial charge in [0.15, 0.2) is 0 Å². The molecule has 0 radical (unpaired) electrons. The molecule has 0 heterocycles. The van der Waals surface area contributed by atoms with Crippen molar-refractivity contribution in [2.45, 2.75) is 66.2 Å². The molecule has 0 saturated heterocycles. The lowest BCUT2D eigenvalue weighted by molar-refractivity contribution is -0.133. The van der Waals surface area contributed by atoms with Crippen molar-refractivity contribution in [1.29, 1.82) is 0 Å². The van der Waals surface area contributed by atoms with Gasteiger partial charge < -0.3 is 0 Å². The lowest BCUT2D eigenvalue weighted by Gasteiger charge is -2.44. The molecule has 3 aliphatic rings. The van der Waals surface area contributed by atoms with Crippen molar-refractivity contribution in [1.82, 2.24) is 0 Å². The highest BCUT2D eigenvalue weighted by Gasteiger charge is 2.63. The minimum Gasteiger partial charge on any atom is -0.299 e. The van der Waals surface area contributed by atoms with Gasteiger partial charge in [-0.2, -0.15) is 0 Å². The van der Waals surface area contributed by atoms with Crippen molar-refractivity contribution in [3.63, 3.8) is 0 Å². The Hall–Kier alpha value is -0.330. The zero-order valence-electron chi connectivity index (χ0n) is 12.5. The Kier molecular flexibility index (Phi) is 2.70. The van der Waals surface area contributed by atoms with Crippen molar-refractivity contribution < 1.29 is 4.79 Å². The van der Waals surface area contributed by atoms with Gasteiger partial charge >= 0.3 is 0 Å². The Morgan fingerprint density at radius 1 is 1.11 bits per heavy atom. The van der Waals surface area contributed by atoms with Gasteiger partial charge in [-0.3, -0.25) is 4.79 Å². The normalized spacial score (nSPS) is 50.8. The lowest BCUT2D eigenvalue weighted by atomic mass is 9.60. The van der Waals surface area contributed by atoms with E-state index in [0.29, 0.717) is 34.4 Å². The molecule has 0 aromatic carbocycles. The Bertz CT molecular complexity index is 370. The molecule has 0 aromatic rings. The van der Waals surface area contributed by atoms with Crippen molar-refractivity contribution in [3.8, 4) is 0 Å². The second kappa shape index (κ2) is 3.84. The predicted molar refractivity (Wildman–Crippen MR) is 74.2 cm³/mol. The van der Waals surface area contributed by atoms with Crippen LogP contribution in [0.2, 0.25) is 0 Å². The van der Waals surface area contributed by atoms with E-state index < -0.39 is 0 Å². The summed E-state index contributed by atoms with van der Waals surface area (Å²) in [5.74, 6) is 2.87. The fourth-order valence-electron chi connectivity index (χ4n) is 5.57. The molecule has 18 heavy (non-hydrogen) atoms. The summed E-state index contributed by atoms with van der Waals surface area (Å²) >= 11 is 0. The minimum absolute atomic E-state index is 0.328. The molecule has 1 nitrogen and oxygen atoms in total. The highest BCUT2D eigenvalue weighted by Crippen LogP contribution is 2.70. The van der Waals surface area contributed by atoms with E-state index in [1.54, 1.807) is 0 Å². The first-order chi connectivity index (χ1) is 8.38. The van der Waals surface area contributed by atoms with Gasteiger partial charge in [0.25, 0.3) is 0 Å². The Morgan fingerprint density at radius 3 is 2.39 bits per heavy atom. The van der Waals surface area contributed by atoms with Crippen molar-refractivity contribution >= 4 is 5.78 Å². The summed E-state index contributed by atoms with van der Waals surface area (Å²) in [6.45, 7) is 9.55. The van der Waals surface area contributed by atoms with Gasteiger partial charge in [-0.15, -0.1) is 0 Å². The number of carbonyl (C=O) groups is 1. The highest BCUT2D eigenvalue weighted by molar-refractivity contribution is 5.84. The maximum Gasteiger partial charge on any atom is 0.139 e. The first kappa shape index (κ1) is 12.7. The number of ketones is 1. The van der Waals surface area contributed by atoms with Gasteiger partial charge in [0.2, 0.25) is 0 Å². The van der Waals surface area contributed by atoms with Gasteiger partial charge in [0.05, 0.1) is 0 Å². The number of hydrogen-bond donors (Lipinski definition) is 0. The second-order valence-corrected chi connectivity index (χ2v) is 8.06. The number of Topliss-reactive ketones (excluding diaryl/α,β-unsaturated/α-hetero) is 1. The van der Waals surface area contributed by atoms with E-state index in [4.69, 9.17) is 0 Å². The Labute approximate surface area is 112 Å². The van der Waals surface area contributed by atoms with E-state index in [1.165, 1.54) is 32.1 Å². The van der Waals surface area contributed by atoms with Gasteiger partial charge in [-0.25, -0.2) is 0 Å². The second-order valence-electron chi connectivity index (χ2n) is 8.06. The molecule has 2 unspecified atom stereocenters. The topological polar surface area (TPSA) is 17.1 Å². The number of carbonyl (C=O) groups excluding carboxylic acids is 1. The van der Waals surface area contributed by atoms with Gasteiger partial charge in [0.1, 0.15) is 5.78 Å². The number of rotatable bonds is 1. The minimum atomic E-state index is 0.328. The largest absolute Gasteiger partial charge is 0.299 e. The van der Waals surface area contributed by atoms with Gasteiger partial charge in [-0.05, 0) is 54.8 Å². The molecule has 5 atom stereocenters. The van der Waals surface area contributed by atoms with E-state index >= 15 is 0 Å². The third kappa shape index (κ3) is 1.42. The molecule has 0 N–H and O–H groups in total. The molecule has 1 heteroatoms. The molecule has 3 rings (SSSR count). The van der Waals surface area contributed by atoms with Crippen molar-refractivity contribution in [2.24, 2.45) is 34.5 Å². The summed E-state index contributed by atoms with van der Waals surface area (Å²) < 4.78 is 0. The van der Waals surface area contributed by atoms with E-state index in [1.807, 2.05) is 0 Å². The highest BCUT2D eigenvalue weighted by atomic mass is 16.1. The quantitative estimate of drug-likeness (QED) is 0.670. The fourth-order valence-corrected chi connectivity index (χ4v) is 5.57. The zero-order valence-corrected chi connectivity index (χ0v) is 12.5. The Balaban J connectivity index is 1.89. The first-order valence-corrected chi connectivity index (χ1v) is 7.91. The van der Waals surface area contributed by atoms with Gasteiger partial charge in [-0.1, -0.05) is 34.1 Å². The molecule has 3 aliphatic carbocycles. The summed E-state index contributed by atoms with van der Waals surface area (Å²) in [5, 5.41) is 0. The lowest BCUT2D eigenvalue weighted by Crippen LogP contribution is -2.41. The van der Waals surface area contributed by atoms with Crippen LogP contribution in [0.4, 0.5) is 0 Å². The van der Waals surface area contributed by atoms with Crippen LogP contribution in [0.5, 0.6) is 0 Å². The van der Waals surface area contributed by atoms with E-state index in [9.17, 15) is 4.79 Å². The summed E-state index contributed by atoms with van der Waals surface area (Å²) in [7, 11) is 0. The number of fused-ring (bicyclic) bond motifs is 2. The number of hydrogen-bond acceptors (Lipinski definition) is 1. The fraction of sp³-hybridized carbons (Fsp3) is 0.941. The predicted octanol–water partition coefficient (Wildman–Crippen LogP) is 4.45. The Morgan fingerprint density at radius 2 is 1.83 bits per heavy atom. The van der Waals surface area contributed by atoms with Crippen molar-refractivity contribution in [2.75, 3.05) is 0 Å². The average molecular weight is 248 g/mol. The van der Waals surface area contributed by atoms with Crippen molar-refractivity contribution in [3.05, 3.63) is 0 Å². The van der Waals surface area contributed by atoms with Crippen LogP contribution in [-0.4, -0.2) is 5.78 Å². The molecular formula is C17H28O. The maximum atomic E-state index is 12.5. The molecule has 3 fully saturated rings. The van der Waals surface area contributed by atoms with Crippen LogP contribution in [0.3, 0.4) is 0 Å². The molecule has 2 bridgehead atoms. The van der Waals surface area contributed by atoms with E-state index in [-0.39, 0.29) is 0 Å². The smallest absolute Gasteiger partial charge is 0.139 e. The summed E-state index contributed by atoms with van der Waals surface area (Å²) in [4.78, 5) is 12.5.